The molecular weight excluding hydrogens is 240 g/mol. The highest BCUT2D eigenvalue weighted by Crippen LogP contribution is 2.37. The normalized spacial score (nSPS) is 39.6. The van der Waals surface area contributed by atoms with Crippen LogP contribution in [0.1, 0.15) is 46.5 Å². The fourth-order valence-corrected chi connectivity index (χ4v) is 3.90. The van der Waals surface area contributed by atoms with Gasteiger partial charge in [-0.1, -0.05) is 6.42 Å². The first-order valence-corrected chi connectivity index (χ1v) is 7.67. The maximum atomic E-state index is 10.5. The number of hydrogen-bond donors (Lipinski definition) is 2. The molecule has 3 unspecified atom stereocenters. The fraction of sp³-hybridized carbons (Fsp3) is 1.00. The maximum Gasteiger partial charge on any atom is 0.0797 e. The van der Waals surface area contributed by atoms with E-state index in [2.05, 4.69) is 25.7 Å². The molecule has 0 amide bonds. The van der Waals surface area contributed by atoms with Crippen LogP contribution in [0.2, 0.25) is 0 Å². The molecule has 0 bridgehead atoms. The van der Waals surface area contributed by atoms with Crippen LogP contribution in [0, 0.1) is 5.92 Å². The lowest BCUT2D eigenvalue weighted by atomic mass is 9.88. The smallest absolute Gasteiger partial charge is 0.0797 e. The van der Waals surface area contributed by atoms with E-state index in [1.54, 1.807) is 0 Å². The van der Waals surface area contributed by atoms with Crippen LogP contribution in [0.5, 0.6) is 0 Å². The highest BCUT2D eigenvalue weighted by molar-refractivity contribution is 4.94. The molecule has 1 aliphatic carbocycles. The Balaban J connectivity index is 1.85. The lowest BCUT2D eigenvalue weighted by Crippen LogP contribution is -2.52. The first-order valence-electron chi connectivity index (χ1n) is 7.67. The third kappa shape index (κ3) is 3.69. The van der Waals surface area contributed by atoms with Gasteiger partial charge < -0.3 is 15.6 Å². The van der Waals surface area contributed by atoms with Crippen molar-refractivity contribution in [2.45, 2.75) is 63.8 Å². The van der Waals surface area contributed by atoms with E-state index in [4.69, 9.17) is 10.5 Å². The van der Waals surface area contributed by atoms with Crippen LogP contribution < -0.4 is 5.73 Å². The summed E-state index contributed by atoms with van der Waals surface area (Å²) in [5, 5.41) is 10.5. The third-order valence-electron chi connectivity index (χ3n) is 4.71. The quantitative estimate of drug-likeness (QED) is 0.810. The van der Waals surface area contributed by atoms with Crippen LogP contribution >= 0.6 is 0 Å². The molecule has 1 saturated heterocycles. The van der Waals surface area contributed by atoms with Crippen molar-refractivity contribution < 1.29 is 9.84 Å². The Morgan fingerprint density at radius 1 is 1.42 bits per heavy atom. The van der Waals surface area contributed by atoms with Crippen LogP contribution in [0.3, 0.4) is 0 Å². The van der Waals surface area contributed by atoms with E-state index in [9.17, 15) is 5.11 Å². The van der Waals surface area contributed by atoms with Crippen molar-refractivity contribution in [3.8, 4) is 0 Å². The highest BCUT2D eigenvalue weighted by Gasteiger charge is 2.40. The molecule has 0 radical (unpaired) electrons. The summed E-state index contributed by atoms with van der Waals surface area (Å²) >= 11 is 0. The summed E-state index contributed by atoms with van der Waals surface area (Å²) in [5.74, 6) is 0.374. The minimum absolute atomic E-state index is 0.0580. The molecule has 0 aromatic heterocycles. The van der Waals surface area contributed by atoms with Crippen LogP contribution in [0.4, 0.5) is 0 Å². The average Bonchev–Trinajstić information content (AvgIpc) is 2.66. The van der Waals surface area contributed by atoms with Crippen molar-refractivity contribution in [1.82, 2.24) is 4.90 Å². The zero-order valence-electron chi connectivity index (χ0n) is 12.7. The van der Waals surface area contributed by atoms with Gasteiger partial charge in [0.05, 0.1) is 17.3 Å². The number of ether oxygens (including phenoxy) is 1. The topological polar surface area (TPSA) is 58.7 Å². The van der Waals surface area contributed by atoms with Crippen molar-refractivity contribution in [3.63, 3.8) is 0 Å². The summed E-state index contributed by atoms with van der Waals surface area (Å²) < 4.78 is 5.93. The van der Waals surface area contributed by atoms with Crippen molar-refractivity contribution >= 4 is 0 Å². The number of morpholine rings is 1. The molecule has 4 nitrogen and oxygen atoms in total. The van der Waals surface area contributed by atoms with Gasteiger partial charge in [0.15, 0.2) is 0 Å². The standard InChI is InChI=1S/C15H30N2O2/c1-12-9-17(11-14(2,3)19-12)8-6-13-5-4-7-15(13,18)10-16/h12-13,18H,4-11,16H2,1-3H3. The van der Waals surface area contributed by atoms with Gasteiger partial charge in [0, 0.05) is 19.6 Å². The second-order valence-corrected chi connectivity index (χ2v) is 7.11. The van der Waals surface area contributed by atoms with Gasteiger partial charge in [-0.05, 0) is 52.5 Å². The Kier molecular flexibility index (Phi) is 4.56. The summed E-state index contributed by atoms with van der Waals surface area (Å²) in [7, 11) is 0. The van der Waals surface area contributed by atoms with Crippen molar-refractivity contribution in [3.05, 3.63) is 0 Å². The van der Waals surface area contributed by atoms with E-state index in [-0.39, 0.29) is 5.60 Å². The fourth-order valence-electron chi connectivity index (χ4n) is 3.90. The predicted molar refractivity (Wildman–Crippen MR) is 77.0 cm³/mol. The van der Waals surface area contributed by atoms with Gasteiger partial charge >= 0.3 is 0 Å². The van der Waals surface area contributed by atoms with Gasteiger partial charge in [-0.2, -0.15) is 0 Å². The Bertz CT molecular complexity index is 309. The molecular formula is C15H30N2O2. The van der Waals surface area contributed by atoms with Crippen LogP contribution in [-0.4, -0.2) is 53.5 Å². The van der Waals surface area contributed by atoms with E-state index >= 15 is 0 Å². The molecule has 112 valence electrons. The molecule has 0 spiro atoms. The SMILES string of the molecule is CC1CN(CCC2CCCC2(O)CN)CC(C)(C)O1. The zero-order valence-corrected chi connectivity index (χ0v) is 12.7. The van der Waals surface area contributed by atoms with E-state index in [0.29, 0.717) is 18.6 Å². The van der Waals surface area contributed by atoms with Gasteiger partial charge in [-0.15, -0.1) is 0 Å². The van der Waals surface area contributed by atoms with E-state index in [1.165, 1.54) is 0 Å². The van der Waals surface area contributed by atoms with Gasteiger partial charge in [0.1, 0.15) is 0 Å². The Labute approximate surface area is 117 Å². The lowest BCUT2D eigenvalue weighted by molar-refractivity contribution is -0.130. The monoisotopic (exact) mass is 270 g/mol. The van der Waals surface area contributed by atoms with Gasteiger partial charge in [0.2, 0.25) is 0 Å². The summed E-state index contributed by atoms with van der Waals surface area (Å²) in [6.07, 6.45) is 4.46. The third-order valence-corrected chi connectivity index (χ3v) is 4.71. The van der Waals surface area contributed by atoms with Gasteiger partial charge in [-0.25, -0.2) is 0 Å². The van der Waals surface area contributed by atoms with E-state index in [0.717, 1.165) is 45.3 Å². The summed E-state index contributed by atoms with van der Waals surface area (Å²) in [6, 6.07) is 0. The molecule has 0 aromatic carbocycles. The second-order valence-electron chi connectivity index (χ2n) is 7.11. The first kappa shape index (κ1) is 15.2. The number of aliphatic hydroxyl groups is 1. The van der Waals surface area contributed by atoms with Crippen LogP contribution in [-0.2, 0) is 4.74 Å². The summed E-state index contributed by atoms with van der Waals surface area (Å²) in [4.78, 5) is 2.48. The Morgan fingerprint density at radius 3 is 2.79 bits per heavy atom. The van der Waals surface area contributed by atoms with Crippen molar-refractivity contribution in [2.24, 2.45) is 11.7 Å². The molecule has 2 rings (SSSR count). The minimum Gasteiger partial charge on any atom is -0.388 e. The predicted octanol–water partition coefficient (Wildman–Crippen LogP) is 1.37. The molecule has 1 heterocycles. The summed E-state index contributed by atoms with van der Waals surface area (Å²) in [5.41, 5.74) is 5.09. The molecule has 2 aliphatic rings. The molecule has 4 heteroatoms. The van der Waals surface area contributed by atoms with Gasteiger partial charge in [0.25, 0.3) is 0 Å². The lowest BCUT2D eigenvalue weighted by Gasteiger charge is -2.42. The van der Waals surface area contributed by atoms with Crippen molar-refractivity contribution in [1.29, 1.82) is 0 Å². The number of hydrogen-bond acceptors (Lipinski definition) is 4. The molecule has 3 atom stereocenters. The van der Waals surface area contributed by atoms with E-state index < -0.39 is 5.60 Å². The molecule has 1 saturated carbocycles. The minimum atomic E-state index is -0.604. The van der Waals surface area contributed by atoms with Gasteiger partial charge in [-0.3, -0.25) is 4.90 Å². The average molecular weight is 270 g/mol. The number of rotatable bonds is 4. The largest absolute Gasteiger partial charge is 0.388 e. The van der Waals surface area contributed by atoms with E-state index in [1.807, 2.05) is 0 Å². The van der Waals surface area contributed by atoms with Crippen molar-refractivity contribution in [2.75, 3.05) is 26.2 Å². The zero-order chi connectivity index (χ0) is 14.1. The molecule has 1 aliphatic heterocycles. The molecule has 3 N–H and O–H groups in total. The summed E-state index contributed by atoms with van der Waals surface area (Å²) in [6.45, 7) is 9.87. The number of nitrogens with zero attached hydrogens (tertiary/aromatic N) is 1. The Morgan fingerprint density at radius 2 is 2.16 bits per heavy atom. The highest BCUT2D eigenvalue weighted by atomic mass is 16.5. The molecule has 19 heavy (non-hydrogen) atoms. The maximum absolute atomic E-state index is 10.5. The van der Waals surface area contributed by atoms with Crippen LogP contribution in [0.15, 0.2) is 0 Å². The Hall–Kier alpha value is -0.160. The molecule has 2 fully saturated rings. The van der Waals surface area contributed by atoms with Crippen LogP contribution in [0.25, 0.3) is 0 Å². The second kappa shape index (κ2) is 5.68. The molecule has 0 aromatic rings. The first-order chi connectivity index (χ1) is 8.85. The number of nitrogens with two attached hydrogens (primary N) is 1.